The van der Waals surface area contributed by atoms with Gasteiger partial charge in [-0.3, -0.25) is 4.79 Å². The van der Waals surface area contributed by atoms with E-state index in [-0.39, 0.29) is 11.9 Å². The minimum absolute atomic E-state index is 0.132. The normalized spacial score (nSPS) is 15.7. The van der Waals surface area contributed by atoms with E-state index in [1.54, 1.807) is 11.0 Å². The van der Waals surface area contributed by atoms with Crippen molar-refractivity contribution in [2.24, 2.45) is 5.73 Å². The molecule has 0 unspecified atom stereocenters. The van der Waals surface area contributed by atoms with E-state index in [1.807, 2.05) is 0 Å². The van der Waals surface area contributed by atoms with Gasteiger partial charge in [-0.05, 0) is 18.9 Å². The van der Waals surface area contributed by atoms with E-state index in [2.05, 4.69) is 0 Å². The minimum atomic E-state index is -0.132. The Morgan fingerprint density at radius 2 is 2.11 bits per heavy atom. The SMILES string of the molecule is NC(=S)CN(C(=O)c1cc(Cl)sc1Cl)C1CCCC1. The largest absolute Gasteiger partial charge is 0.392 e. The molecule has 2 N–H and O–H groups in total. The molecule has 0 aliphatic heterocycles. The maximum absolute atomic E-state index is 12.6. The van der Waals surface area contributed by atoms with E-state index in [4.69, 9.17) is 41.2 Å². The Bertz CT molecular complexity index is 498. The molecule has 1 aromatic heterocycles. The molecule has 0 spiro atoms. The lowest BCUT2D eigenvalue weighted by atomic mass is 10.1. The van der Waals surface area contributed by atoms with Gasteiger partial charge in [0.1, 0.15) is 4.34 Å². The van der Waals surface area contributed by atoms with Gasteiger partial charge in [-0.1, -0.05) is 48.3 Å². The van der Waals surface area contributed by atoms with Crippen molar-refractivity contribution in [1.29, 1.82) is 0 Å². The van der Waals surface area contributed by atoms with Crippen LogP contribution in [-0.2, 0) is 0 Å². The van der Waals surface area contributed by atoms with E-state index < -0.39 is 0 Å². The van der Waals surface area contributed by atoms with Crippen LogP contribution in [0.15, 0.2) is 6.07 Å². The monoisotopic (exact) mass is 336 g/mol. The first-order valence-electron chi connectivity index (χ1n) is 6.03. The first-order chi connectivity index (χ1) is 8.99. The molecule has 2 rings (SSSR count). The van der Waals surface area contributed by atoms with Gasteiger partial charge >= 0.3 is 0 Å². The van der Waals surface area contributed by atoms with E-state index in [0.29, 0.717) is 25.8 Å². The highest BCUT2D eigenvalue weighted by Crippen LogP contribution is 2.33. The predicted molar refractivity (Wildman–Crippen MR) is 84.4 cm³/mol. The summed E-state index contributed by atoms with van der Waals surface area (Å²) in [5.74, 6) is -0.132. The molecule has 1 heterocycles. The lowest BCUT2D eigenvalue weighted by molar-refractivity contribution is 0.0715. The van der Waals surface area contributed by atoms with Crippen molar-refractivity contribution in [2.75, 3.05) is 6.54 Å². The summed E-state index contributed by atoms with van der Waals surface area (Å²) in [5.41, 5.74) is 6.05. The van der Waals surface area contributed by atoms with Crippen molar-refractivity contribution in [2.45, 2.75) is 31.7 Å². The minimum Gasteiger partial charge on any atom is -0.392 e. The Hall–Kier alpha value is -0.360. The maximum Gasteiger partial charge on any atom is 0.256 e. The molecule has 19 heavy (non-hydrogen) atoms. The summed E-state index contributed by atoms with van der Waals surface area (Å²) in [6.07, 6.45) is 4.24. The molecular weight excluding hydrogens is 323 g/mol. The van der Waals surface area contributed by atoms with E-state index >= 15 is 0 Å². The van der Waals surface area contributed by atoms with Gasteiger partial charge in [-0.2, -0.15) is 0 Å². The highest BCUT2D eigenvalue weighted by atomic mass is 35.5. The van der Waals surface area contributed by atoms with Crippen LogP contribution in [0.4, 0.5) is 0 Å². The Balaban J connectivity index is 2.24. The number of nitrogens with zero attached hydrogens (tertiary/aromatic N) is 1. The number of thiocarbonyl (C=S) groups is 1. The van der Waals surface area contributed by atoms with Crippen molar-refractivity contribution >= 4 is 57.7 Å². The van der Waals surface area contributed by atoms with Crippen LogP contribution in [0.2, 0.25) is 8.67 Å². The third-order valence-corrected chi connectivity index (χ3v) is 4.86. The van der Waals surface area contributed by atoms with Gasteiger partial charge in [0.25, 0.3) is 5.91 Å². The van der Waals surface area contributed by atoms with Gasteiger partial charge in [0.2, 0.25) is 0 Å². The Morgan fingerprint density at radius 1 is 1.47 bits per heavy atom. The molecule has 0 radical (unpaired) electrons. The van der Waals surface area contributed by atoms with Crippen molar-refractivity contribution in [1.82, 2.24) is 4.90 Å². The van der Waals surface area contributed by atoms with Crippen molar-refractivity contribution in [3.05, 3.63) is 20.3 Å². The summed E-state index contributed by atoms with van der Waals surface area (Å²) in [7, 11) is 0. The number of amides is 1. The van der Waals surface area contributed by atoms with Gasteiger partial charge in [0.15, 0.2) is 0 Å². The number of hydrogen-bond donors (Lipinski definition) is 1. The quantitative estimate of drug-likeness (QED) is 0.852. The fourth-order valence-electron chi connectivity index (χ4n) is 2.39. The summed E-state index contributed by atoms with van der Waals surface area (Å²) in [5, 5.41) is 0. The lowest BCUT2D eigenvalue weighted by Crippen LogP contribution is -2.43. The number of hydrogen-bond acceptors (Lipinski definition) is 3. The summed E-state index contributed by atoms with van der Waals surface area (Å²) < 4.78 is 0.927. The molecule has 0 bridgehead atoms. The molecule has 7 heteroatoms. The maximum atomic E-state index is 12.6. The summed E-state index contributed by atoms with van der Waals surface area (Å²) in [6, 6.07) is 1.81. The van der Waals surface area contributed by atoms with Crippen LogP contribution in [0.25, 0.3) is 0 Å². The topological polar surface area (TPSA) is 46.3 Å². The molecule has 1 saturated carbocycles. The van der Waals surface area contributed by atoms with Crippen LogP contribution in [0.5, 0.6) is 0 Å². The molecule has 0 atom stereocenters. The van der Waals surface area contributed by atoms with Gasteiger partial charge in [-0.15, -0.1) is 11.3 Å². The number of halogens is 2. The molecule has 1 fully saturated rings. The second kappa shape index (κ2) is 6.39. The van der Waals surface area contributed by atoms with Crippen LogP contribution in [0.1, 0.15) is 36.0 Å². The molecule has 3 nitrogen and oxygen atoms in total. The fraction of sp³-hybridized carbons (Fsp3) is 0.500. The van der Waals surface area contributed by atoms with Crippen molar-refractivity contribution in [3.63, 3.8) is 0 Å². The van der Waals surface area contributed by atoms with Gasteiger partial charge < -0.3 is 10.6 Å². The van der Waals surface area contributed by atoms with Gasteiger partial charge in [-0.25, -0.2) is 0 Å². The Labute approximate surface area is 131 Å². The number of nitrogens with two attached hydrogens (primary N) is 1. The second-order valence-electron chi connectivity index (χ2n) is 4.58. The highest BCUT2D eigenvalue weighted by Gasteiger charge is 2.29. The van der Waals surface area contributed by atoms with E-state index in [9.17, 15) is 4.79 Å². The van der Waals surface area contributed by atoms with Crippen LogP contribution in [-0.4, -0.2) is 28.4 Å². The molecule has 0 saturated heterocycles. The van der Waals surface area contributed by atoms with Crippen LogP contribution in [0.3, 0.4) is 0 Å². The number of carbonyl (C=O) groups excluding carboxylic acids is 1. The van der Waals surface area contributed by atoms with Crippen molar-refractivity contribution in [3.8, 4) is 0 Å². The third kappa shape index (κ3) is 3.60. The van der Waals surface area contributed by atoms with Gasteiger partial charge in [0.05, 0.1) is 21.4 Å². The Morgan fingerprint density at radius 3 is 2.58 bits per heavy atom. The highest BCUT2D eigenvalue weighted by molar-refractivity contribution is 7.80. The Kier molecular flexibility index (Phi) is 5.06. The van der Waals surface area contributed by atoms with Crippen molar-refractivity contribution < 1.29 is 4.79 Å². The van der Waals surface area contributed by atoms with Crippen LogP contribution >= 0.6 is 46.8 Å². The molecule has 1 amide bonds. The third-order valence-electron chi connectivity index (χ3n) is 3.24. The number of carbonyl (C=O) groups is 1. The molecular formula is C12H14Cl2N2OS2. The zero-order valence-corrected chi connectivity index (χ0v) is 13.3. The van der Waals surface area contributed by atoms with Gasteiger partial charge in [0, 0.05) is 6.04 Å². The van der Waals surface area contributed by atoms with E-state index in [0.717, 1.165) is 25.7 Å². The average molecular weight is 337 g/mol. The molecule has 104 valence electrons. The average Bonchev–Trinajstić information content (AvgIpc) is 2.94. The first kappa shape index (κ1) is 15.0. The first-order valence-corrected chi connectivity index (χ1v) is 8.01. The molecule has 1 aliphatic rings. The van der Waals surface area contributed by atoms with Crippen LogP contribution < -0.4 is 5.73 Å². The summed E-state index contributed by atoms with van der Waals surface area (Å²) in [4.78, 5) is 14.6. The molecule has 1 aromatic rings. The smallest absolute Gasteiger partial charge is 0.256 e. The summed E-state index contributed by atoms with van der Waals surface area (Å²) >= 11 is 18.1. The molecule has 1 aliphatic carbocycles. The predicted octanol–water partition coefficient (Wildman–Crippen LogP) is 3.73. The standard InChI is InChI=1S/C12H14Cl2N2OS2/c13-9-5-8(11(14)19-9)12(17)16(6-10(15)18)7-3-1-2-4-7/h5,7H,1-4,6H2,(H2,15,18). The zero-order valence-electron chi connectivity index (χ0n) is 10.2. The number of rotatable bonds is 4. The van der Waals surface area contributed by atoms with Crippen LogP contribution in [0, 0.1) is 0 Å². The lowest BCUT2D eigenvalue weighted by Gasteiger charge is -2.28. The zero-order chi connectivity index (χ0) is 14.0. The fourth-order valence-corrected chi connectivity index (χ4v) is 3.98. The van der Waals surface area contributed by atoms with E-state index in [1.165, 1.54) is 11.3 Å². The summed E-state index contributed by atoms with van der Waals surface area (Å²) in [6.45, 7) is 0.294. The second-order valence-corrected chi connectivity index (χ2v) is 7.39. The number of thiophene rings is 1. The molecule has 0 aromatic carbocycles.